The third kappa shape index (κ3) is 2.29. The molecule has 1 aliphatic heterocycles. The second-order valence-electron chi connectivity index (χ2n) is 2.60. The molecule has 1 rings (SSSR count). The molecule has 74 valence electrons. The van der Waals surface area contributed by atoms with E-state index in [1.54, 1.807) is 0 Å². The van der Waals surface area contributed by atoms with E-state index in [1.165, 1.54) is 0 Å². The highest BCUT2D eigenvalue weighted by molar-refractivity contribution is 5.85. The number of aliphatic hydroxyl groups is 4. The Kier molecular flexibility index (Phi) is 5.00. The van der Waals surface area contributed by atoms with Gasteiger partial charge < -0.3 is 25.2 Å². The van der Waals surface area contributed by atoms with Gasteiger partial charge in [0.1, 0.15) is 24.4 Å². The van der Waals surface area contributed by atoms with E-state index in [0.29, 0.717) is 0 Å². The lowest BCUT2D eigenvalue weighted by molar-refractivity contribution is -0.195. The van der Waals surface area contributed by atoms with Crippen LogP contribution >= 0.6 is 12.4 Å². The molecular weight excluding hydrogens is 188 g/mol. The minimum atomic E-state index is -1.22. The van der Waals surface area contributed by atoms with Gasteiger partial charge in [0.2, 0.25) is 0 Å². The molecule has 0 spiro atoms. The topological polar surface area (TPSA) is 90.2 Å². The predicted molar refractivity (Wildman–Crippen MR) is 42.1 cm³/mol. The third-order valence-electron chi connectivity index (χ3n) is 1.79. The molecule has 1 fully saturated rings. The summed E-state index contributed by atoms with van der Waals surface area (Å²) in [5.74, 6) is 0. The van der Waals surface area contributed by atoms with Crippen molar-refractivity contribution in [2.45, 2.75) is 24.4 Å². The van der Waals surface area contributed by atoms with Crippen molar-refractivity contribution in [1.29, 1.82) is 0 Å². The zero-order chi connectivity index (χ0) is 8.43. The molecule has 0 aliphatic carbocycles. The number of aliphatic hydroxyl groups excluding tert-OH is 4. The molecule has 0 saturated carbocycles. The van der Waals surface area contributed by atoms with Crippen LogP contribution in [-0.4, -0.2) is 58.1 Å². The van der Waals surface area contributed by atoms with Gasteiger partial charge in [-0.3, -0.25) is 0 Å². The van der Waals surface area contributed by atoms with E-state index in [2.05, 4.69) is 0 Å². The standard InChI is InChI=1S/C6H12O5.ClH/c7-1-4-6(10)5(9)3(8)2-11-4;/h3-10H,1-2H2;1H/t3-,4+,5+,6+;/m0./s1. The van der Waals surface area contributed by atoms with Crippen LogP contribution in [0.3, 0.4) is 0 Å². The first-order valence-corrected chi connectivity index (χ1v) is 3.43. The van der Waals surface area contributed by atoms with Crippen LogP contribution in [0, 0.1) is 0 Å². The van der Waals surface area contributed by atoms with Crippen molar-refractivity contribution in [3.8, 4) is 0 Å². The van der Waals surface area contributed by atoms with Crippen molar-refractivity contribution in [3.05, 3.63) is 0 Å². The van der Waals surface area contributed by atoms with Gasteiger partial charge in [0.25, 0.3) is 0 Å². The molecule has 1 aliphatic rings. The lowest BCUT2D eigenvalue weighted by Crippen LogP contribution is -2.53. The fourth-order valence-corrected chi connectivity index (χ4v) is 1.03. The second-order valence-corrected chi connectivity index (χ2v) is 2.60. The summed E-state index contributed by atoms with van der Waals surface area (Å²) in [6, 6.07) is 0. The van der Waals surface area contributed by atoms with Gasteiger partial charge in [0, 0.05) is 0 Å². The summed E-state index contributed by atoms with van der Waals surface area (Å²) in [6.45, 7) is -0.408. The van der Waals surface area contributed by atoms with Gasteiger partial charge in [-0.15, -0.1) is 12.4 Å². The predicted octanol–water partition coefficient (Wildman–Crippen LogP) is -2.12. The van der Waals surface area contributed by atoms with Crippen LogP contribution in [-0.2, 0) is 4.74 Å². The first-order chi connectivity index (χ1) is 5.16. The molecule has 0 aromatic carbocycles. The maximum Gasteiger partial charge on any atom is 0.111 e. The highest BCUT2D eigenvalue weighted by Gasteiger charge is 2.36. The van der Waals surface area contributed by atoms with E-state index in [-0.39, 0.29) is 25.6 Å². The molecule has 4 atom stereocenters. The summed E-state index contributed by atoms with van der Waals surface area (Å²) in [5, 5.41) is 35.7. The first kappa shape index (κ1) is 12.1. The van der Waals surface area contributed by atoms with Crippen LogP contribution in [0.4, 0.5) is 0 Å². The monoisotopic (exact) mass is 200 g/mol. The number of ether oxygens (including phenoxy) is 1. The molecule has 0 unspecified atom stereocenters. The molecule has 0 aromatic rings. The quantitative estimate of drug-likeness (QED) is 0.389. The molecule has 0 radical (unpaired) electrons. The largest absolute Gasteiger partial charge is 0.394 e. The molecule has 0 amide bonds. The first-order valence-electron chi connectivity index (χ1n) is 3.43. The van der Waals surface area contributed by atoms with Gasteiger partial charge in [0.15, 0.2) is 0 Å². The molecule has 5 nitrogen and oxygen atoms in total. The smallest absolute Gasteiger partial charge is 0.111 e. The molecule has 4 N–H and O–H groups in total. The normalized spacial score (nSPS) is 42.0. The summed E-state index contributed by atoms with van der Waals surface area (Å²) in [7, 11) is 0. The summed E-state index contributed by atoms with van der Waals surface area (Å²) >= 11 is 0. The van der Waals surface area contributed by atoms with Crippen LogP contribution in [0.15, 0.2) is 0 Å². The van der Waals surface area contributed by atoms with Gasteiger partial charge in [-0.1, -0.05) is 0 Å². The van der Waals surface area contributed by atoms with E-state index < -0.39 is 24.4 Å². The summed E-state index contributed by atoms with van der Waals surface area (Å²) in [4.78, 5) is 0. The number of halogens is 1. The lowest BCUT2D eigenvalue weighted by atomic mass is 10.0. The van der Waals surface area contributed by atoms with Crippen molar-refractivity contribution >= 4 is 12.4 Å². The second kappa shape index (κ2) is 4.96. The van der Waals surface area contributed by atoms with Crippen LogP contribution in [0.2, 0.25) is 0 Å². The Morgan fingerprint density at radius 3 is 2.25 bits per heavy atom. The van der Waals surface area contributed by atoms with Crippen molar-refractivity contribution < 1.29 is 25.2 Å². The van der Waals surface area contributed by atoms with Crippen molar-refractivity contribution in [1.82, 2.24) is 0 Å². The van der Waals surface area contributed by atoms with Crippen LogP contribution in [0.25, 0.3) is 0 Å². The maximum absolute atomic E-state index is 9.11. The maximum atomic E-state index is 9.11. The van der Waals surface area contributed by atoms with Gasteiger partial charge >= 0.3 is 0 Å². The summed E-state index contributed by atoms with van der Waals surface area (Å²) in [6.07, 6.45) is -4.27. The Labute approximate surface area is 76.0 Å². The Morgan fingerprint density at radius 1 is 1.17 bits per heavy atom. The minimum Gasteiger partial charge on any atom is -0.394 e. The highest BCUT2D eigenvalue weighted by atomic mass is 35.5. The molecule has 0 bridgehead atoms. The van der Waals surface area contributed by atoms with Crippen LogP contribution in [0.1, 0.15) is 0 Å². The zero-order valence-corrected chi connectivity index (χ0v) is 7.15. The van der Waals surface area contributed by atoms with Crippen molar-refractivity contribution in [2.24, 2.45) is 0 Å². The average molecular weight is 201 g/mol. The highest BCUT2D eigenvalue weighted by Crippen LogP contribution is 2.14. The third-order valence-corrected chi connectivity index (χ3v) is 1.79. The number of rotatable bonds is 1. The summed E-state index contributed by atoms with van der Waals surface area (Å²) < 4.78 is 4.81. The Morgan fingerprint density at radius 2 is 1.75 bits per heavy atom. The summed E-state index contributed by atoms with van der Waals surface area (Å²) in [5.41, 5.74) is 0. The van der Waals surface area contributed by atoms with Gasteiger partial charge in [-0.2, -0.15) is 0 Å². The molecule has 1 saturated heterocycles. The molecule has 6 heteroatoms. The minimum absolute atomic E-state index is 0. The van der Waals surface area contributed by atoms with E-state index >= 15 is 0 Å². The molecule has 1 heterocycles. The van der Waals surface area contributed by atoms with E-state index in [0.717, 1.165) is 0 Å². The Bertz CT molecular complexity index is 131. The van der Waals surface area contributed by atoms with Crippen molar-refractivity contribution in [3.63, 3.8) is 0 Å². The zero-order valence-electron chi connectivity index (χ0n) is 6.33. The fourth-order valence-electron chi connectivity index (χ4n) is 1.03. The van der Waals surface area contributed by atoms with Gasteiger partial charge in [-0.05, 0) is 0 Å². The fraction of sp³-hybridized carbons (Fsp3) is 1.00. The number of hydrogen-bond donors (Lipinski definition) is 4. The lowest BCUT2D eigenvalue weighted by Gasteiger charge is -2.34. The van der Waals surface area contributed by atoms with Crippen LogP contribution in [0.5, 0.6) is 0 Å². The van der Waals surface area contributed by atoms with Gasteiger partial charge in [0.05, 0.1) is 13.2 Å². The van der Waals surface area contributed by atoms with E-state index in [1.807, 2.05) is 0 Å². The molecule has 12 heavy (non-hydrogen) atoms. The Balaban J connectivity index is 0.00000121. The average Bonchev–Trinajstić information content (AvgIpc) is 2.01. The van der Waals surface area contributed by atoms with E-state index in [4.69, 9.17) is 25.2 Å². The van der Waals surface area contributed by atoms with Crippen LogP contribution < -0.4 is 0 Å². The van der Waals surface area contributed by atoms with Crippen molar-refractivity contribution in [2.75, 3.05) is 13.2 Å². The molecule has 0 aromatic heterocycles. The van der Waals surface area contributed by atoms with Gasteiger partial charge in [-0.25, -0.2) is 0 Å². The van der Waals surface area contributed by atoms with E-state index in [9.17, 15) is 0 Å². The SMILES string of the molecule is Cl.OC[C@H]1OC[C@H](O)[C@@H](O)[C@@H]1O. The Hall–Kier alpha value is 0.0900. The molecular formula is C6H13ClO5. The number of hydrogen-bond acceptors (Lipinski definition) is 5.